The normalized spacial score (nSPS) is 12.4. The van der Waals surface area contributed by atoms with Crippen molar-refractivity contribution in [2.75, 3.05) is 6.61 Å². The molecule has 0 saturated heterocycles. The summed E-state index contributed by atoms with van der Waals surface area (Å²) in [7, 11) is 0. The number of alkyl halides is 2. The molecule has 2 nitrogen and oxygen atoms in total. The lowest BCUT2D eigenvalue weighted by Crippen LogP contribution is -2.16. The van der Waals surface area contributed by atoms with Crippen LogP contribution in [0, 0.1) is 0 Å². The maximum atomic E-state index is 11.8. The zero-order valence-electron chi connectivity index (χ0n) is 5.40. The molecule has 0 aromatic rings. The quantitative estimate of drug-likeness (QED) is 0.428. The molecule has 0 unspecified atom stereocenters. The highest BCUT2D eigenvalue weighted by Crippen LogP contribution is 2.10. The lowest BCUT2D eigenvalue weighted by atomic mass is 10.4. The molecule has 54 valence electrons. The first-order chi connectivity index (χ1) is 4.06. The Hall–Kier alpha value is -0.670. The van der Waals surface area contributed by atoms with Gasteiger partial charge in [-0.25, -0.2) is 8.78 Å². The minimum Gasteiger partial charge on any atom is -0.390 e. The van der Waals surface area contributed by atoms with Crippen LogP contribution >= 0.6 is 0 Å². The topological polar surface area (TPSA) is 21.6 Å². The number of oxime groups is 1. The number of rotatable bonds is 3. The lowest BCUT2D eigenvalue weighted by Gasteiger charge is -2.06. The van der Waals surface area contributed by atoms with Crippen molar-refractivity contribution in [2.24, 2.45) is 5.16 Å². The summed E-state index contributed by atoms with van der Waals surface area (Å²) in [6.07, 6.45) is 1.31. The zero-order chi connectivity index (χ0) is 7.33. The van der Waals surface area contributed by atoms with Crippen molar-refractivity contribution in [2.45, 2.75) is 19.8 Å². The number of hydrogen-bond acceptors (Lipinski definition) is 2. The van der Waals surface area contributed by atoms with Crippen LogP contribution in [0.25, 0.3) is 0 Å². The molecular weight excluding hydrogens is 128 g/mol. The summed E-state index contributed by atoms with van der Waals surface area (Å²) >= 11 is 0. The third-order valence-corrected chi connectivity index (χ3v) is 0.498. The molecule has 0 saturated carbocycles. The van der Waals surface area contributed by atoms with Crippen LogP contribution in [0.15, 0.2) is 5.16 Å². The van der Waals surface area contributed by atoms with Gasteiger partial charge in [0.15, 0.2) is 6.61 Å². The first kappa shape index (κ1) is 8.33. The van der Waals surface area contributed by atoms with Gasteiger partial charge in [-0.3, -0.25) is 0 Å². The minimum absolute atomic E-state index is 0.655. The molecule has 0 atom stereocenters. The van der Waals surface area contributed by atoms with Crippen LogP contribution in [0.4, 0.5) is 8.78 Å². The molecule has 0 aliphatic carbocycles. The molecule has 4 heteroatoms. The van der Waals surface area contributed by atoms with Crippen molar-refractivity contribution in [3.8, 4) is 0 Å². The Morgan fingerprint density at radius 1 is 1.67 bits per heavy atom. The highest BCUT2D eigenvalue weighted by atomic mass is 19.3. The van der Waals surface area contributed by atoms with Gasteiger partial charge in [-0.1, -0.05) is 5.16 Å². The fourth-order valence-electron chi connectivity index (χ4n) is 0.225. The molecular formula is C5H9F2NO. The van der Waals surface area contributed by atoms with Gasteiger partial charge < -0.3 is 4.84 Å². The van der Waals surface area contributed by atoms with Gasteiger partial charge >= 0.3 is 0 Å². The number of hydrogen-bond donors (Lipinski definition) is 0. The van der Waals surface area contributed by atoms with Crippen LogP contribution in [0.2, 0.25) is 0 Å². The molecule has 0 spiro atoms. The van der Waals surface area contributed by atoms with Crippen LogP contribution in [0.1, 0.15) is 13.8 Å². The fourth-order valence-corrected chi connectivity index (χ4v) is 0.225. The maximum absolute atomic E-state index is 11.8. The van der Waals surface area contributed by atoms with Crippen molar-refractivity contribution < 1.29 is 13.6 Å². The van der Waals surface area contributed by atoms with E-state index in [2.05, 4.69) is 9.99 Å². The molecule has 0 rings (SSSR count). The molecule has 0 heterocycles. The van der Waals surface area contributed by atoms with Gasteiger partial charge in [-0.2, -0.15) is 0 Å². The second-order valence-electron chi connectivity index (χ2n) is 1.71. The largest absolute Gasteiger partial charge is 0.390 e. The maximum Gasteiger partial charge on any atom is 0.281 e. The Bertz CT molecular complexity index is 97.6. The summed E-state index contributed by atoms with van der Waals surface area (Å²) in [5, 5.41) is 3.15. The lowest BCUT2D eigenvalue weighted by molar-refractivity contribution is -0.0609. The number of halogens is 2. The Labute approximate surface area is 52.5 Å². The molecule has 0 aromatic heterocycles. The Morgan fingerprint density at radius 2 is 2.22 bits per heavy atom. The van der Waals surface area contributed by atoms with Crippen molar-refractivity contribution >= 4 is 6.21 Å². The van der Waals surface area contributed by atoms with Gasteiger partial charge in [0.05, 0.1) is 0 Å². The predicted octanol–water partition coefficient (Wildman–Crippen LogP) is 1.66. The molecule has 0 bridgehead atoms. The van der Waals surface area contributed by atoms with Crippen LogP contribution in [0.3, 0.4) is 0 Å². The highest BCUT2D eigenvalue weighted by molar-refractivity contribution is 5.52. The van der Waals surface area contributed by atoms with Gasteiger partial charge in [0.1, 0.15) is 0 Å². The van der Waals surface area contributed by atoms with Crippen molar-refractivity contribution in [3.63, 3.8) is 0 Å². The molecule has 0 radical (unpaired) electrons. The Balaban J connectivity index is 3.28. The third-order valence-electron chi connectivity index (χ3n) is 0.498. The first-order valence-corrected chi connectivity index (χ1v) is 2.54. The van der Waals surface area contributed by atoms with Crippen molar-refractivity contribution in [3.05, 3.63) is 0 Å². The monoisotopic (exact) mass is 137 g/mol. The average Bonchev–Trinajstić information content (AvgIpc) is 1.63. The van der Waals surface area contributed by atoms with Crippen LogP contribution in [-0.2, 0) is 4.84 Å². The molecule has 0 fully saturated rings. The standard InChI is InChI=1S/C5H9F2NO/c1-3-8-9-4-5(2,6)7/h3H,4H2,1-2H3/b8-3+. The van der Waals surface area contributed by atoms with E-state index in [9.17, 15) is 8.78 Å². The van der Waals surface area contributed by atoms with Crippen LogP contribution < -0.4 is 0 Å². The summed E-state index contributed by atoms with van der Waals surface area (Å²) in [5.41, 5.74) is 0. The van der Waals surface area contributed by atoms with E-state index in [1.807, 2.05) is 0 Å². The highest BCUT2D eigenvalue weighted by Gasteiger charge is 2.21. The summed E-state index contributed by atoms with van der Waals surface area (Å²) in [6, 6.07) is 0. The minimum atomic E-state index is -2.79. The van der Waals surface area contributed by atoms with Crippen molar-refractivity contribution in [1.29, 1.82) is 0 Å². The molecule has 0 aliphatic rings. The van der Waals surface area contributed by atoms with Crippen molar-refractivity contribution in [1.82, 2.24) is 0 Å². The molecule has 0 amide bonds. The van der Waals surface area contributed by atoms with Crippen LogP contribution in [-0.4, -0.2) is 18.7 Å². The number of nitrogens with zero attached hydrogens (tertiary/aromatic N) is 1. The second-order valence-corrected chi connectivity index (χ2v) is 1.71. The summed E-state index contributed by atoms with van der Waals surface area (Å²) < 4.78 is 23.7. The van der Waals surface area contributed by atoms with E-state index < -0.39 is 12.5 Å². The molecule has 0 aromatic carbocycles. The zero-order valence-corrected chi connectivity index (χ0v) is 5.40. The smallest absolute Gasteiger partial charge is 0.281 e. The predicted molar refractivity (Wildman–Crippen MR) is 30.7 cm³/mol. The third kappa shape index (κ3) is 7.33. The van der Waals surface area contributed by atoms with Gasteiger partial charge in [-0.15, -0.1) is 0 Å². The van der Waals surface area contributed by atoms with Gasteiger partial charge in [0, 0.05) is 13.1 Å². The Morgan fingerprint density at radius 3 is 2.56 bits per heavy atom. The SMILES string of the molecule is C/C=N/OCC(C)(F)F. The molecule has 0 N–H and O–H groups in total. The van der Waals surface area contributed by atoms with E-state index in [1.54, 1.807) is 6.92 Å². The van der Waals surface area contributed by atoms with E-state index in [0.717, 1.165) is 6.92 Å². The Kier molecular flexibility index (Phi) is 3.12. The summed E-state index contributed by atoms with van der Waals surface area (Å²) in [6.45, 7) is 1.71. The van der Waals surface area contributed by atoms with E-state index in [0.29, 0.717) is 0 Å². The second kappa shape index (κ2) is 3.37. The van der Waals surface area contributed by atoms with E-state index in [1.165, 1.54) is 6.21 Å². The average molecular weight is 137 g/mol. The van der Waals surface area contributed by atoms with Gasteiger partial charge in [-0.05, 0) is 6.92 Å². The van der Waals surface area contributed by atoms with E-state index in [4.69, 9.17) is 0 Å². The van der Waals surface area contributed by atoms with Gasteiger partial charge in [0.2, 0.25) is 0 Å². The van der Waals surface area contributed by atoms with Crippen LogP contribution in [0.5, 0.6) is 0 Å². The van der Waals surface area contributed by atoms with Gasteiger partial charge in [0.25, 0.3) is 5.92 Å². The summed E-state index contributed by atoms with van der Waals surface area (Å²) in [5.74, 6) is -2.79. The molecule has 9 heavy (non-hydrogen) atoms. The first-order valence-electron chi connectivity index (χ1n) is 2.54. The van der Waals surface area contributed by atoms with E-state index >= 15 is 0 Å². The van der Waals surface area contributed by atoms with E-state index in [-0.39, 0.29) is 0 Å². The molecule has 0 aliphatic heterocycles. The fraction of sp³-hybridized carbons (Fsp3) is 0.800. The summed E-state index contributed by atoms with van der Waals surface area (Å²) in [4.78, 5) is 4.17.